The first kappa shape index (κ1) is 9.54. The van der Waals surface area contributed by atoms with Crippen LogP contribution in [0.15, 0.2) is 0 Å². The minimum Gasteiger partial charge on any atom is -0.241 e. The van der Waals surface area contributed by atoms with Gasteiger partial charge in [0, 0.05) is 0 Å². The van der Waals surface area contributed by atoms with Crippen LogP contribution in [-0.2, 0) is 18.8 Å². The van der Waals surface area contributed by atoms with E-state index < -0.39 is 22.6 Å². The summed E-state index contributed by atoms with van der Waals surface area (Å²) in [5, 5.41) is 0. The molecule has 0 bridgehead atoms. The average molecular weight is 221 g/mol. The van der Waals surface area contributed by atoms with Gasteiger partial charge in [-0.25, -0.2) is 8.37 Å². The highest BCUT2D eigenvalue weighted by molar-refractivity contribution is 7.82. The molecule has 1 aliphatic rings. The smallest absolute Gasteiger partial charge is 0.241 e. The number of rotatable bonds is 2. The molecule has 2 atom stereocenters. The average Bonchev–Trinajstić information content (AvgIpc) is 2.25. The fraction of sp³-hybridized carbons (Fsp3) is 1.00. The van der Waals surface area contributed by atoms with Crippen LogP contribution in [0.3, 0.4) is 0 Å². The SMILES string of the molecule is O=S1(=O)O[C@H](CCl)[C@@H](CCl)O1. The van der Waals surface area contributed by atoms with Gasteiger partial charge in [-0.3, -0.25) is 0 Å². The largest absolute Gasteiger partial charge is 0.400 e. The lowest BCUT2D eigenvalue weighted by atomic mass is 10.3. The maximum atomic E-state index is 10.6. The first-order chi connectivity index (χ1) is 5.09. The highest BCUT2D eigenvalue weighted by Gasteiger charge is 2.38. The lowest BCUT2D eigenvalue weighted by molar-refractivity contribution is 0.193. The van der Waals surface area contributed by atoms with Crippen molar-refractivity contribution in [2.75, 3.05) is 11.8 Å². The first-order valence-corrected chi connectivity index (χ1v) is 5.22. The Balaban J connectivity index is 2.70. The molecule has 0 aliphatic carbocycles. The van der Waals surface area contributed by atoms with E-state index in [1.54, 1.807) is 0 Å². The normalized spacial score (nSPS) is 35.8. The lowest BCUT2D eigenvalue weighted by Gasteiger charge is -2.06. The van der Waals surface area contributed by atoms with Gasteiger partial charge in [0.25, 0.3) is 0 Å². The molecule has 1 aliphatic heterocycles. The summed E-state index contributed by atoms with van der Waals surface area (Å²) < 4.78 is 30.1. The van der Waals surface area contributed by atoms with Gasteiger partial charge in [-0.05, 0) is 0 Å². The molecule has 1 heterocycles. The van der Waals surface area contributed by atoms with Gasteiger partial charge in [0.2, 0.25) is 0 Å². The summed E-state index contributed by atoms with van der Waals surface area (Å²) in [5.41, 5.74) is 0. The zero-order valence-corrected chi connectivity index (χ0v) is 7.69. The molecule has 1 saturated heterocycles. The van der Waals surface area contributed by atoms with Gasteiger partial charge in [-0.15, -0.1) is 23.2 Å². The summed E-state index contributed by atoms with van der Waals surface area (Å²) in [6, 6.07) is 0. The molecule has 4 nitrogen and oxygen atoms in total. The summed E-state index contributed by atoms with van der Waals surface area (Å²) in [6.07, 6.45) is -1.31. The van der Waals surface area contributed by atoms with E-state index in [2.05, 4.69) is 8.37 Å². The van der Waals surface area contributed by atoms with Gasteiger partial charge in [-0.2, -0.15) is 8.42 Å². The van der Waals surface area contributed by atoms with Gasteiger partial charge in [0.15, 0.2) is 0 Å². The Labute approximate surface area is 74.7 Å². The van der Waals surface area contributed by atoms with Gasteiger partial charge in [0.05, 0.1) is 11.8 Å². The molecule has 0 aromatic carbocycles. The van der Waals surface area contributed by atoms with Crippen molar-refractivity contribution in [3.63, 3.8) is 0 Å². The van der Waals surface area contributed by atoms with Crippen LogP contribution in [0.1, 0.15) is 0 Å². The van der Waals surface area contributed by atoms with Crippen LogP contribution in [0.4, 0.5) is 0 Å². The van der Waals surface area contributed by atoms with E-state index in [1.165, 1.54) is 0 Å². The molecule has 0 saturated carbocycles. The van der Waals surface area contributed by atoms with Crippen molar-refractivity contribution in [3.05, 3.63) is 0 Å². The number of hydrogen-bond donors (Lipinski definition) is 0. The van der Waals surface area contributed by atoms with E-state index in [0.29, 0.717) is 0 Å². The maximum Gasteiger partial charge on any atom is 0.400 e. The number of alkyl halides is 2. The van der Waals surface area contributed by atoms with Crippen molar-refractivity contribution in [2.24, 2.45) is 0 Å². The molecule has 0 amide bonds. The van der Waals surface area contributed by atoms with Crippen LogP contribution < -0.4 is 0 Å². The standard InChI is InChI=1S/C4H6Cl2O4S/c5-1-3-4(2-6)10-11(7,8)9-3/h3-4H,1-2H2/t3-,4-/m1/s1. The van der Waals surface area contributed by atoms with Crippen LogP contribution >= 0.6 is 23.2 Å². The second kappa shape index (κ2) is 3.45. The molecule has 66 valence electrons. The van der Waals surface area contributed by atoms with Crippen molar-refractivity contribution >= 4 is 33.6 Å². The van der Waals surface area contributed by atoms with Gasteiger partial charge >= 0.3 is 10.4 Å². The second-order valence-electron chi connectivity index (χ2n) is 1.99. The fourth-order valence-electron chi connectivity index (χ4n) is 0.700. The highest BCUT2D eigenvalue weighted by atomic mass is 35.5. The first-order valence-electron chi connectivity index (χ1n) is 2.82. The van der Waals surface area contributed by atoms with E-state index in [0.717, 1.165) is 0 Å². The molecule has 0 N–H and O–H groups in total. The van der Waals surface area contributed by atoms with Gasteiger partial charge in [-0.1, -0.05) is 0 Å². The molecule has 1 fully saturated rings. The zero-order chi connectivity index (χ0) is 8.48. The van der Waals surface area contributed by atoms with Crippen LogP contribution in [0.25, 0.3) is 0 Å². The van der Waals surface area contributed by atoms with E-state index in [-0.39, 0.29) is 11.8 Å². The molecule has 0 aromatic heterocycles. The van der Waals surface area contributed by atoms with Gasteiger partial charge in [0.1, 0.15) is 12.2 Å². The molecule has 0 radical (unpaired) electrons. The Kier molecular flexibility index (Phi) is 2.99. The van der Waals surface area contributed by atoms with E-state index in [1.807, 2.05) is 0 Å². The molecule has 7 heteroatoms. The topological polar surface area (TPSA) is 52.6 Å². The number of halogens is 2. The summed E-state index contributed by atoms with van der Waals surface area (Å²) in [6.45, 7) is 0. The van der Waals surface area contributed by atoms with Crippen molar-refractivity contribution in [1.82, 2.24) is 0 Å². The third kappa shape index (κ3) is 2.19. The molecule has 0 spiro atoms. The minimum absolute atomic E-state index is 0.0522. The quantitative estimate of drug-likeness (QED) is 0.637. The maximum absolute atomic E-state index is 10.6. The van der Waals surface area contributed by atoms with Crippen LogP contribution in [0.2, 0.25) is 0 Å². The summed E-state index contributed by atoms with van der Waals surface area (Å²) in [7, 11) is -3.84. The third-order valence-electron chi connectivity index (χ3n) is 1.20. The Bertz CT molecular complexity index is 208. The summed E-state index contributed by atoms with van der Waals surface area (Å²) in [4.78, 5) is 0. The molecular formula is C4H6Cl2O4S. The molecule has 0 aromatic rings. The lowest BCUT2D eigenvalue weighted by Crippen LogP contribution is -2.25. The van der Waals surface area contributed by atoms with Crippen LogP contribution in [0.5, 0.6) is 0 Å². The molecular weight excluding hydrogens is 215 g/mol. The van der Waals surface area contributed by atoms with Gasteiger partial charge < -0.3 is 0 Å². The fourth-order valence-corrected chi connectivity index (χ4v) is 2.41. The molecule has 1 rings (SSSR count). The predicted molar refractivity (Wildman–Crippen MR) is 40.1 cm³/mol. The molecule has 0 unspecified atom stereocenters. The Morgan fingerprint density at radius 1 is 1.09 bits per heavy atom. The Hall–Kier alpha value is 0.450. The predicted octanol–water partition coefficient (Wildman–Crippen LogP) is 0.493. The summed E-state index contributed by atoms with van der Waals surface area (Å²) in [5.74, 6) is 0.104. The van der Waals surface area contributed by atoms with Crippen molar-refractivity contribution in [3.8, 4) is 0 Å². The third-order valence-corrected chi connectivity index (χ3v) is 2.78. The summed E-state index contributed by atoms with van der Waals surface area (Å²) >= 11 is 10.8. The van der Waals surface area contributed by atoms with Crippen molar-refractivity contribution in [1.29, 1.82) is 0 Å². The van der Waals surface area contributed by atoms with E-state index in [4.69, 9.17) is 23.2 Å². The van der Waals surface area contributed by atoms with Crippen molar-refractivity contribution in [2.45, 2.75) is 12.2 Å². The Morgan fingerprint density at radius 3 is 1.73 bits per heavy atom. The number of hydrogen-bond acceptors (Lipinski definition) is 4. The van der Waals surface area contributed by atoms with E-state index >= 15 is 0 Å². The molecule has 11 heavy (non-hydrogen) atoms. The second-order valence-corrected chi connectivity index (χ2v) is 3.80. The van der Waals surface area contributed by atoms with Crippen molar-refractivity contribution < 1.29 is 16.8 Å². The highest BCUT2D eigenvalue weighted by Crippen LogP contribution is 2.22. The monoisotopic (exact) mass is 220 g/mol. The zero-order valence-electron chi connectivity index (χ0n) is 5.37. The van der Waals surface area contributed by atoms with Crippen LogP contribution in [-0.4, -0.2) is 32.4 Å². The Morgan fingerprint density at radius 2 is 1.45 bits per heavy atom. The minimum atomic E-state index is -3.84. The van der Waals surface area contributed by atoms with E-state index in [9.17, 15) is 8.42 Å². The van der Waals surface area contributed by atoms with Crippen LogP contribution in [0, 0.1) is 0 Å².